The Labute approximate surface area is 363 Å². The van der Waals surface area contributed by atoms with Crippen LogP contribution in [-0.2, 0) is 14.3 Å². The largest absolute Gasteiger partial charge is 0.394 e. The van der Waals surface area contributed by atoms with Gasteiger partial charge in [-0.15, -0.1) is 0 Å². The van der Waals surface area contributed by atoms with Crippen LogP contribution in [0.3, 0.4) is 0 Å². The molecular formula is C50H97NO8. The molecule has 0 aromatic carbocycles. The fourth-order valence-electron chi connectivity index (χ4n) is 8.28. The van der Waals surface area contributed by atoms with Gasteiger partial charge >= 0.3 is 0 Å². The summed E-state index contributed by atoms with van der Waals surface area (Å²) in [5.74, 6) is -0.172. The van der Waals surface area contributed by atoms with Crippen molar-refractivity contribution in [2.75, 3.05) is 13.2 Å². The second kappa shape index (κ2) is 41.0. The minimum absolute atomic E-state index is 0.172. The molecule has 59 heavy (non-hydrogen) atoms. The van der Waals surface area contributed by atoms with Gasteiger partial charge in [0.05, 0.1) is 25.4 Å². The molecule has 2 unspecified atom stereocenters. The quantitative estimate of drug-likeness (QED) is 0.0263. The average Bonchev–Trinajstić information content (AvgIpc) is 3.23. The average molecular weight is 840 g/mol. The van der Waals surface area contributed by atoms with E-state index in [1.807, 2.05) is 6.08 Å². The molecule has 7 atom stereocenters. The van der Waals surface area contributed by atoms with Crippen LogP contribution in [0.1, 0.15) is 245 Å². The van der Waals surface area contributed by atoms with Gasteiger partial charge in [0.15, 0.2) is 6.29 Å². The number of aliphatic hydroxyl groups is 5. The minimum Gasteiger partial charge on any atom is -0.394 e. The van der Waals surface area contributed by atoms with Crippen LogP contribution < -0.4 is 5.32 Å². The maximum atomic E-state index is 13.0. The van der Waals surface area contributed by atoms with Crippen LogP contribution in [-0.4, -0.2) is 87.5 Å². The number of carbonyl (C=O) groups is 1. The van der Waals surface area contributed by atoms with E-state index in [1.54, 1.807) is 6.08 Å². The Morgan fingerprint density at radius 3 is 1.32 bits per heavy atom. The zero-order valence-electron chi connectivity index (χ0n) is 38.5. The summed E-state index contributed by atoms with van der Waals surface area (Å²) in [6, 6.07) is -0.799. The molecule has 1 fully saturated rings. The van der Waals surface area contributed by atoms with Crippen molar-refractivity contribution in [3.05, 3.63) is 12.2 Å². The molecule has 1 aliphatic heterocycles. The first kappa shape index (κ1) is 55.9. The lowest BCUT2D eigenvalue weighted by atomic mass is 9.99. The SMILES string of the molecule is CCCCCCCCCCCCCCCCC/C=C/[C@@H](O)[C@H](CO[C@@H]1O[C@H](CO)[C@H](O)C(O)C1O)NC(=O)CCCCCCCCCCCCCCCCCCCCC. The zero-order chi connectivity index (χ0) is 43.0. The van der Waals surface area contributed by atoms with Crippen molar-refractivity contribution in [1.82, 2.24) is 5.32 Å². The number of carbonyl (C=O) groups excluding carboxylic acids is 1. The molecule has 0 spiro atoms. The fourth-order valence-corrected chi connectivity index (χ4v) is 8.28. The lowest BCUT2D eigenvalue weighted by molar-refractivity contribution is -0.302. The number of aliphatic hydroxyl groups excluding tert-OH is 5. The number of nitrogens with one attached hydrogen (secondary N) is 1. The van der Waals surface area contributed by atoms with E-state index < -0.39 is 49.5 Å². The van der Waals surface area contributed by atoms with Crippen LogP contribution in [0.5, 0.6) is 0 Å². The Bertz CT molecular complexity index is 935. The van der Waals surface area contributed by atoms with Crippen molar-refractivity contribution in [3.8, 4) is 0 Å². The first-order chi connectivity index (χ1) is 28.8. The minimum atomic E-state index is -1.56. The van der Waals surface area contributed by atoms with E-state index in [2.05, 4.69) is 19.2 Å². The number of rotatable bonds is 43. The van der Waals surface area contributed by atoms with Crippen molar-refractivity contribution in [3.63, 3.8) is 0 Å². The monoisotopic (exact) mass is 840 g/mol. The molecule has 1 amide bonds. The molecule has 6 N–H and O–H groups in total. The Kier molecular flexibility index (Phi) is 38.9. The van der Waals surface area contributed by atoms with Crippen LogP contribution in [0.2, 0.25) is 0 Å². The van der Waals surface area contributed by atoms with Crippen LogP contribution in [0.15, 0.2) is 12.2 Å². The maximum absolute atomic E-state index is 13.0. The van der Waals surface area contributed by atoms with Gasteiger partial charge in [-0.3, -0.25) is 4.79 Å². The summed E-state index contributed by atoms with van der Waals surface area (Å²) in [7, 11) is 0. The Morgan fingerprint density at radius 2 is 0.932 bits per heavy atom. The van der Waals surface area contributed by atoms with E-state index in [0.29, 0.717) is 6.42 Å². The number of allylic oxidation sites excluding steroid dienone is 1. The molecule has 9 nitrogen and oxygen atoms in total. The molecular weight excluding hydrogens is 743 g/mol. The molecule has 1 saturated heterocycles. The standard InChI is InChI=1S/C50H97NO8/c1-3-5-7-9-11-13-15-17-19-21-22-24-26-28-30-32-34-36-38-40-46(54)51-43(42-58-50-49(57)48(56)47(55)45(41-52)59-50)44(53)39-37-35-33-31-29-27-25-23-20-18-16-14-12-10-8-6-4-2/h37,39,43-45,47-50,52-53,55-57H,3-36,38,40-42H2,1-2H3,(H,51,54)/b39-37+/t43-,44+,45+,47-,48?,49?,50+/m0/s1. The highest BCUT2D eigenvalue weighted by Gasteiger charge is 2.44. The maximum Gasteiger partial charge on any atom is 0.220 e. The number of ether oxygens (including phenoxy) is 2. The third kappa shape index (κ3) is 31.4. The van der Waals surface area contributed by atoms with Crippen LogP contribution in [0.4, 0.5) is 0 Å². The predicted molar refractivity (Wildman–Crippen MR) is 244 cm³/mol. The van der Waals surface area contributed by atoms with Gasteiger partial charge in [-0.2, -0.15) is 0 Å². The zero-order valence-corrected chi connectivity index (χ0v) is 38.5. The van der Waals surface area contributed by atoms with E-state index in [1.165, 1.54) is 186 Å². The lowest BCUT2D eigenvalue weighted by Gasteiger charge is -2.40. The first-order valence-electron chi connectivity index (χ1n) is 25.4. The van der Waals surface area contributed by atoms with E-state index in [4.69, 9.17) is 9.47 Å². The summed E-state index contributed by atoms with van der Waals surface area (Å²) in [5.41, 5.74) is 0. The molecule has 1 heterocycles. The Balaban J connectivity index is 2.29. The third-order valence-corrected chi connectivity index (χ3v) is 12.4. The van der Waals surface area contributed by atoms with Gasteiger partial charge in [0.2, 0.25) is 5.91 Å². The molecule has 0 saturated carbocycles. The van der Waals surface area contributed by atoms with E-state index in [9.17, 15) is 30.3 Å². The first-order valence-corrected chi connectivity index (χ1v) is 25.4. The molecule has 0 aromatic heterocycles. The van der Waals surface area contributed by atoms with Gasteiger partial charge in [0, 0.05) is 6.42 Å². The normalized spacial score (nSPS) is 20.7. The molecule has 1 rings (SSSR count). The molecule has 0 radical (unpaired) electrons. The van der Waals surface area contributed by atoms with E-state index in [-0.39, 0.29) is 12.5 Å². The van der Waals surface area contributed by atoms with Crippen molar-refractivity contribution in [2.45, 2.75) is 288 Å². The second-order valence-corrected chi connectivity index (χ2v) is 18.0. The Hall–Kier alpha value is -1.07. The van der Waals surface area contributed by atoms with Crippen molar-refractivity contribution >= 4 is 5.91 Å². The van der Waals surface area contributed by atoms with E-state index in [0.717, 1.165) is 38.5 Å². The van der Waals surface area contributed by atoms with Crippen molar-refractivity contribution in [1.29, 1.82) is 0 Å². The summed E-state index contributed by atoms with van der Waals surface area (Å²) in [5, 5.41) is 54.3. The summed E-state index contributed by atoms with van der Waals surface area (Å²) in [6.45, 7) is 3.80. The molecule has 0 aliphatic carbocycles. The van der Waals surface area contributed by atoms with Gasteiger partial charge in [0.1, 0.15) is 24.4 Å². The van der Waals surface area contributed by atoms with Crippen molar-refractivity contribution in [2.24, 2.45) is 0 Å². The number of unbranched alkanes of at least 4 members (excludes halogenated alkanes) is 33. The molecule has 9 heteroatoms. The van der Waals surface area contributed by atoms with Crippen LogP contribution in [0.25, 0.3) is 0 Å². The highest BCUT2D eigenvalue weighted by atomic mass is 16.7. The third-order valence-electron chi connectivity index (χ3n) is 12.4. The number of hydrogen-bond donors (Lipinski definition) is 6. The fraction of sp³-hybridized carbons (Fsp3) is 0.940. The van der Waals surface area contributed by atoms with Crippen LogP contribution in [0, 0.1) is 0 Å². The molecule has 0 aromatic rings. The van der Waals surface area contributed by atoms with Gasteiger partial charge in [-0.05, 0) is 19.3 Å². The molecule has 0 bridgehead atoms. The molecule has 1 aliphatic rings. The van der Waals surface area contributed by atoms with Gasteiger partial charge in [-0.25, -0.2) is 0 Å². The summed E-state index contributed by atoms with van der Waals surface area (Å²) in [4.78, 5) is 13.0. The molecule has 350 valence electrons. The highest BCUT2D eigenvalue weighted by Crippen LogP contribution is 2.23. The lowest BCUT2D eigenvalue weighted by Crippen LogP contribution is -2.60. The van der Waals surface area contributed by atoms with Gasteiger partial charge in [0.25, 0.3) is 0 Å². The summed E-state index contributed by atoms with van der Waals surface area (Å²) in [6.07, 6.45) is 41.1. The second-order valence-electron chi connectivity index (χ2n) is 18.0. The number of hydrogen-bond acceptors (Lipinski definition) is 8. The smallest absolute Gasteiger partial charge is 0.220 e. The van der Waals surface area contributed by atoms with Gasteiger partial charge in [-0.1, -0.05) is 231 Å². The number of amides is 1. The van der Waals surface area contributed by atoms with Crippen molar-refractivity contribution < 1.29 is 39.8 Å². The summed E-state index contributed by atoms with van der Waals surface area (Å²) < 4.78 is 11.2. The highest BCUT2D eigenvalue weighted by molar-refractivity contribution is 5.76. The van der Waals surface area contributed by atoms with Crippen LogP contribution >= 0.6 is 0 Å². The van der Waals surface area contributed by atoms with Gasteiger partial charge < -0.3 is 40.3 Å². The predicted octanol–water partition coefficient (Wildman–Crippen LogP) is 11.3. The summed E-state index contributed by atoms with van der Waals surface area (Å²) >= 11 is 0. The Morgan fingerprint density at radius 1 is 0.559 bits per heavy atom. The van der Waals surface area contributed by atoms with E-state index >= 15 is 0 Å². The topological polar surface area (TPSA) is 149 Å².